The third-order valence-electron chi connectivity index (χ3n) is 2.67. The van der Waals surface area contributed by atoms with Crippen molar-refractivity contribution in [3.63, 3.8) is 0 Å². The monoisotopic (exact) mass is 245 g/mol. The summed E-state index contributed by atoms with van der Waals surface area (Å²) in [7, 11) is 0. The van der Waals surface area contributed by atoms with Gasteiger partial charge in [0.05, 0.1) is 11.7 Å². The van der Waals surface area contributed by atoms with Gasteiger partial charge in [-0.05, 0) is 32.9 Å². The van der Waals surface area contributed by atoms with Crippen molar-refractivity contribution in [2.75, 3.05) is 6.54 Å². The third-order valence-corrected chi connectivity index (χ3v) is 2.67. The topological polar surface area (TPSA) is 29.9 Å². The van der Waals surface area contributed by atoms with Crippen LogP contribution < -0.4 is 5.32 Å². The van der Waals surface area contributed by atoms with Crippen LogP contribution >= 0.6 is 0 Å². The first-order valence-corrected chi connectivity index (χ1v) is 6.13. The van der Waals surface area contributed by atoms with Crippen molar-refractivity contribution in [2.24, 2.45) is 0 Å². The van der Waals surface area contributed by atoms with Gasteiger partial charge in [0.2, 0.25) is 0 Å². The van der Waals surface area contributed by atoms with Gasteiger partial charge in [-0.3, -0.25) is 4.68 Å². The van der Waals surface area contributed by atoms with E-state index in [2.05, 4.69) is 10.4 Å². The molecule has 1 rings (SSSR count). The van der Waals surface area contributed by atoms with Gasteiger partial charge in [-0.25, -0.2) is 8.78 Å². The number of aryl methyl sites for hydroxylation is 2. The molecule has 0 aliphatic carbocycles. The zero-order valence-corrected chi connectivity index (χ0v) is 10.7. The van der Waals surface area contributed by atoms with Crippen LogP contribution in [0.5, 0.6) is 0 Å². The quantitative estimate of drug-likeness (QED) is 0.799. The van der Waals surface area contributed by atoms with Gasteiger partial charge >= 0.3 is 0 Å². The molecule has 98 valence electrons. The van der Waals surface area contributed by atoms with Gasteiger partial charge in [-0.1, -0.05) is 6.92 Å². The number of aromatic nitrogens is 2. The highest BCUT2D eigenvalue weighted by molar-refractivity contribution is 5.10. The van der Waals surface area contributed by atoms with E-state index >= 15 is 0 Å². The smallest absolute Gasteiger partial charge is 0.254 e. The van der Waals surface area contributed by atoms with Crippen LogP contribution in [-0.4, -0.2) is 28.8 Å². The molecule has 0 aliphatic rings. The summed E-state index contributed by atoms with van der Waals surface area (Å²) in [6, 6.07) is 1.10. The normalized spacial score (nSPS) is 13.3. The molecule has 0 aliphatic heterocycles. The Morgan fingerprint density at radius 1 is 1.41 bits per heavy atom. The Kier molecular flexibility index (Phi) is 5.55. The van der Waals surface area contributed by atoms with Crippen molar-refractivity contribution in [3.05, 3.63) is 17.5 Å². The molecule has 0 spiro atoms. The molecular weight excluding hydrogens is 224 g/mol. The lowest BCUT2D eigenvalue weighted by Crippen LogP contribution is -2.38. The van der Waals surface area contributed by atoms with Gasteiger partial charge in [0.15, 0.2) is 0 Å². The van der Waals surface area contributed by atoms with E-state index in [-0.39, 0.29) is 0 Å². The lowest BCUT2D eigenvalue weighted by Gasteiger charge is -2.17. The van der Waals surface area contributed by atoms with Crippen molar-refractivity contribution in [2.45, 2.75) is 52.6 Å². The van der Waals surface area contributed by atoms with Crippen LogP contribution in [0.15, 0.2) is 6.07 Å². The maximum Gasteiger partial charge on any atom is 0.254 e. The number of hydrogen-bond donors (Lipinski definition) is 1. The van der Waals surface area contributed by atoms with E-state index in [4.69, 9.17) is 0 Å². The predicted octanol–water partition coefficient (Wildman–Crippen LogP) is 2.39. The summed E-state index contributed by atoms with van der Waals surface area (Å²) in [6.07, 6.45) is -1.16. The van der Waals surface area contributed by atoms with Gasteiger partial charge < -0.3 is 5.32 Å². The molecule has 1 aromatic heterocycles. The Bertz CT molecular complexity index is 336. The number of alkyl halides is 2. The lowest BCUT2D eigenvalue weighted by molar-refractivity contribution is 0.0973. The number of nitrogens with one attached hydrogen (secondary N) is 1. The van der Waals surface area contributed by atoms with E-state index < -0.39 is 12.5 Å². The molecule has 1 N–H and O–H groups in total. The van der Waals surface area contributed by atoms with Gasteiger partial charge in [-0.15, -0.1) is 0 Å². The summed E-state index contributed by atoms with van der Waals surface area (Å²) in [6.45, 7) is 7.15. The van der Waals surface area contributed by atoms with Gasteiger partial charge in [0.25, 0.3) is 6.43 Å². The van der Waals surface area contributed by atoms with Crippen LogP contribution in [0.1, 0.15) is 31.7 Å². The fourth-order valence-electron chi connectivity index (χ4n) is 1.84. The van der Waals surface area contributed by atoms with Crippen molar-refractivity contribution in [1.29, 1.82) is 0 Å². The summed E-state index contributed by atoms with van der Waals surface area (Å²) in [5.41, 5.74) is 1.75. The van der Waals surface area contributed by atoms with Crippen molar-refractivity contribution >= 4 is 0 Å². The van der Waals surface area contributed by atoms with Gasteiger partial charge in [0, 0.05) is 18.7 Å². The van der Waals surface area contributed by atoms with E-state index in [1.807, 2.05) is 26.8 Å². The summed E-state index contributed by atoms with van der Waals surface area (Å²) >= 11 is 0. The van der Waals surface area contributed by atoms with E-state index in [9.17, 15) is 8.78 Å². The highest BCUT2D eigenvalue weighted by Crippen LogP contribution is 2.11. The fraction of sp³-hybridized carbons (Fsp3) is 0.750. The number of hydrogen-bond acceptors (Lipinski definition) is 2. The average Bonchev–Trinajstić information content (AvgIpc) is 2.64. The van der Waals surface area contributed by atoms with Gasteiger partial charge in [0.1, 0.15) is 0 Å². The Labute approximate surface area is 101 Å². The second-order valence-corrected chi connectivity index (χ2v) is 4.19. The lowest BCUT2D eigenvalue weighted by atomic mass is 10.1. The standard InChI is InChI=1S/C12H21F2N3/c1-4-6-15-11(12(13)14)8-10-7-9(3)16-17(10)5-2/h7,11-12,15H,4-6,8H2,1-3H3. The molecule has 5 heteroatoms. The number of rotatable bonds is 7. The molecule has 0 saturated carbocycles. The van der Waals surface area contributed by atoms with Crippen molar-refractivity contribution in [1.82, 2.24) is 15.1 Å². The average molecular weight is 245 g/mol. The number of halogens is 2. The molecule has 1 aromatic rings. The number of nitrogens with zero attached hydrogens (tertiary/aromatic N) is 2. The molecule has 17 heavy (non-hydrogen) atoms. The Hall–Kier alpha value is -0.970. The Morgan fingerprint density at radius 3 is 2.65 bits per heavy atom. The molecule has 0 saturated heterocycles. The van der Waals surface area contributed by atoms with Crippen molar-refractivity contribution < 1.29 is 8.78 Å². The largest absolute Gasteiger partial charge is 0.309 e. The highest BCUT2D eigenvalue weighted by atomic mass is 19.3. The van der Waals surface area contributed by atoms with Crippen LogP contribution in [0.2, 0.25) is 0 Å². The Morgan fingerprint density at radius 2 is 2.12 bits per heavy atom. The SMILES string of the molecule is CCCNC(Cc1cc(C)nn1CC)C(F)F. The minimum absolute atomic E-state index is 0.326. The molecule has 1 unspecified atom stereocenters. The predicted molar refractivity (Wildman–Crippen MR) is 64.4 cm³/mol. The molecule has 0 fully saturated rings. The molecule has 3 nitrogen and oxygen atoms in total. The second kappa shape index (κ2) is 6.69. The highest BCUT2D eigenvalue weighted by Gasteiger charge is 2.21. The van der Waals surface area contributed by atoms with E-state index in [0.29, 0.717) is 19.5 Å². The summed E-state index contributed by atoms with van der Waals surface area (Å²) in [5.74, 6) is 0. The first-order chi connectivity index (χ1) is 8.08. The summed E-state index contributed by atoms with van der Waals surface area (Å²) in [5, 5.41) is 7.15. The maximum absolute atomic E-state index is 12.9. The molecule has 0 bridgehead atoms. The maximum atomic E-state index is 12.9. The van der Waals surface area contributed by atoms with Crippen LogP contribution in [0.3, 0.4) is 0 Å². The molecule has 0 radical (unpaired) electrons. The molecule has 0 aromatic carbocycles. The molecule has 1 atom stereocenters. The zero-order valence-electron chi connectivity index (χ0n) is 10.7. The molecule has 1 heterocycles. The van der Waals surface area contributed by atoms with Crippen LogP contribution in [0, 0.1) is 6.92 Å². The zero-order chi connectivity index (χ0) is 12.8. The fourth-order valence-corrected chi connectivity index (χ4v) is 1.84. The molecular formula is C12H21F2N3. The third kappa shape index (κ3) is 4.07. The van der Waals surface area contributed by atoms with E-state index in [1.165, 1.54) is 0 Å². The van der Waals surface area contributed by atoms with E-state index in [1.54, 1.807) is 4.68 Å². The summed E-state index contributed by atoms with van der Waals surface area (Å²) < 4.78 is 27.5. The minimum Gasteiger partial charge on any atom is -0.309 e. The Balaban J connectivity index is 2.70. The van der Waals surface area contributed by atoms with E-state index in [0.717, 1.165) is 17.8 Å². The van der Waals surface area contributed by atoms with Crippen molar-refractivity contribution in [3.8, 4) is 0 Å². The first-order valence-electron chi connectivity index (χ1n) is 6.13. The first kappa shape index (κ1) is 14.1. The van der Waals surface area contributed by atoms with Crippen LogP contribution in [0.25, 0.3) is 0 Å². The van der Waals surface area contributed by atoms with Gasteiger partial charge in [-0.2, -0.15) is 5.10 Å². The molecule has 0 amide bonds. The van der Waals surface area contributed by atoms with Crippen LogP contribution in [-0.2, 0) is 13.0 Å². The minimum atomic E-state index is -2.35. The second-order valence-electron chi connectivity index (χ2n) is 4.19. The summed E-state index contributed by atoms with van der Waals surface area (Å²) in [4.78, 5) is 0. The van der Waals surface area contributed by atoms with Crippen LogP contribution in [0.4, 0.5) is 8.78 Å².